The van der Waals surface area contributed by atoms with E-state index in [0.29, 0.717) is 17.0 Å². The van der Waals surface area contributed by atoms with Gasteiger partial charge in [-0.25, -0.2) is 4.39 Å². The fourth-order valence-electron chi connectivity index (χ4n) is 2.88. The SMILES string of the molecule is COc1cc2c(cc1NC(=O)c1ccc(F)cc1Cl)oc1ccccc12. The van der Waals surface area contributed by atoms with E-state index in [0.717, 1.165) is 22.4 Å². The third-order valence-corrected chi connectivity index (χ3v) is 4.44. The van der Waals surface area contributed by atoms with Crippen LogP contribution in [0.15, 0.2) is 59.0 Å². The first-order valence-electron chi connectivity index (χ1n) is 7.82. The average molecular weight is 370 g/mol. The Kier molecular flexibility index (Phi) is 4.01. The van der Waals surface area contributed by atoms with E-state index in [-0.39, 0.29) is 10.6 Å². The normalized spacial score (nSPS) is 11.0. The van der Waals surface area contributed by atoms with Gasteiger partial charge in [0.25, 0.3) is 5.91 Å². The summed E-state index contributed by atoms with van der Waals surface area (Å²) in [5.41, 5.74) is 1.96. The van der Waals surface area contributed by atoms with Gasteiger partial charge in [0, 0.05) is 16.8 Å². The first-order chi connectivity index (χ1) is 12.6. The van der Waals surface area contributed by atoms with E-state index in [1.807, 2.05) is 30.3 Å². The Labute approximate surface area is 153 Å². The standard InChI is InChI=1S/C20H13ClFNO3/c1-25-19-9-14-12-4-2-3-5-17(12)26-18(14)10-16(19)23-20(24)13-7-6-11(22)8-15(13)21/h2-10H,1H3,(H,23,24). The molecule has 3 aromatic carbocycles. The molecule has 1 heterocycles. The smallest absolute Gasteiger partial charge is 0.257 e. The molecule has 0 aliphatic heterocycles. The van der Waals surface area contributed by atoms with Crippen molar-refractivity contribution < 1.29 is 18.3 Å². The fourth-order valence-corrected chi connectivity index (χ4v) is 3.13. The van der Waals surface area contributed by atoms with Crippen LogP contribution in [-0.2, 0) is 0 Å². The monoisotopic (exact) mass is 369 g/mol. The summed E-state index contributed by atoms with van der Waals surface area (Å²) in [5, 5.41) is 4.62. The summed E-state index contributed by atoms with van der Waals surface area (Å²) >= 11 is 5.96. The summed E-state index contributed by atoms with van der Waals surface area (Å²) in [6, 6.07) is 14.8. The number of fused-ring (bicyclic) bond motifs is 3. The minimum absolute atomic E-state index is 0.0336. The zero-order valence-electron chi connectivity index (χ0n) is 13.7. The number of furan rings is 1. The molecule has 4 nitrogen and oxygen atoms in total. The number of hydrogen-bond acceptors (Lipinski definition) is 3. The molecule has 1 aromatic heterocycles. The van der Waals surface area contributed by atoms with Crippen LogP contribution >= 0.6 is 11.6 Å². The molecule has 0 atom stereocenters. The van der Waals surface area contributed by atoms with Gasteiger partial charge >= 0.3 is 0 Å². The zero-order chi connectivity index (χ0) is 18.3. The van der Waals surface area contributed by atoms with Crippen LogP contribution in [0.2, 0.25) is 5.02 Å². The topological polar surface area (TPSA) is 51.5 Å². The van der Waals surface area contributed by atoms with Crippen LogP contribution in [0.25, 0.3) is 21.9 Å². The maximum absolute atomic E-state index is 13.2. The van der Waals surface area contributed by atoms with E-state index < -0.39 is 11.7 Å². The van der Waals surface area contributed by atoms with Crippen molar-refractivity contribution >= 4 is 45.1 Å². The third-order valence-electron chi connectivity index (χ3n) is 4.12. The Bertz CT molecular complexity index is 1150. The molecule has 6 heteroatoms. The van der Waals surface area contributed by atoms with Crippen molar-refractivity contribution in [2.45, 2.75) is 0 Å². The fraction of sp³-hybridized carbons (Fsp3) is 0.0500. The minimum Gasteiger partial charge on any atom is -0.495 e. The number of ether oxygens (including phenoxy) is 1. The highest BCUT2D eigenvalue weighted by Crippen LogP contribution is 2.36. The van der Waals surface area contributed by atoms with Crippen molar-refractivity contribution in [3.8, 4) is 5.75 Å². The quantitative estimate of drug-likeness (QED) is 0.508. The number of hydrogen-bond donors (Lipinski definition) is 1. The Morgan fingerprint density at radius 2 is 1.88 bits per heavy atom. The number of nitrogens with one attached hydrogen (secondary N) is 1. The number of carbonyl (C=O) groups is 1. The van der Waals surface area contributed by atoms with Gasteiger partial charge in [-0.3, -0.25) is 4.79 Å². The molecule has 4 rings (SSSR count). The Hall–Kier alpha value is -3.05. The molecule has 1 N–H and O–H groups in total. The van der Waals surface area contributed by atoms with Crippen LogP contribution in [0.5, 0.6) is 5.75 Å². The number of amides is 1. The number of carbonyl (C=O) groups excluding carboxylic acids is 1. The second kappa shape index (κ2) is 6.35. The molecule has 0 aliphatic rings. The molecule has 0 fully saturated rings. The molecule has 26 heavy (non-hydrogen) atoms. The second-order valence-electron chi connectivity index (χ2n) is 5.73. The molecule has 4 aromatic rings. The van der Waals surface area contributed by atoms with Gasteiger partial charge < -0.3 is 14.5 Å². The highest BCUT2D eigenvalue weighted by molar-refractivity contribution is 6.34. The molecule has 0 aliphatic carbocycles. The van der Waals surface area contributed by atoms with Gasteiger partial charge in [-0.2, -0.15) is 0 Å². The molecule has 0 bridgehead atoms. The van der Waals surface area contributed by atoms with Gasteiger partial charge in [-0.15, -0.1) is 0 Å². The molecule has 0 radical (unpaired) electrons. The van der Waals surface area contributed by atoms with E-state index in [2.05, 4.69) is 5.32 Å². The number of anilines is 1. The second-order valence-corrected chi connectivity index (χ2v) is 6.13. The summed E-state index contributed by atoms with van der Waals surface area (Å²) in [5.74, 6) is -0.493. The number of halogens is 2. The van der Waals surface area contributed by atoms with Crippen molar-refractivity contribution in [2.24, 2.45) is 0 Å². The molecule has 130 valence electrons. The largest absolute Gasteiger partial charge is 0.495 e. The van der Waals surface area contributed by atoms with E-state index in [1.165, 1.54) is 19.2 Å². The molecular weight excluding hydrogens is 357 g/mol. The van der Waals surface area contributed by atoms with Crippen LogP contribution in [0.4, 0.5) is 10.1 Å². The predicted molar refractivity (Wildman–Crippen MR) is 99.6 cm³/mol. The van der Waals surface area contributed by atoms with Crippen LogP contribution in [0, 0.1) is 5.82 Å². The highest BCUT2D eigenvalue weighted by Gasteiger charge is 2.16. The van der Waals surface area contributed by atoms with Gasteiger partial charge in [-0.1, -0.05) is 29.8 Å². The molecular formula is C20H13ClFNO3. The summed E-state index contributed by atoms with van der Waals surface area (Å²) in [7, 11) is 1.52. The van der Waals surface area contributed by atoms with Crippen molar-refractivity contribution in [1.82, 2.24) is 0 Å². The number of para-hydroxylation sites is 1. The number of rotatable bonds is 3. The van der Waals surface area contributed by atoms with Gasteiger partial charge in [0.2, 0.25) is 0 Å². The Morgan fingerprint density at radius 1 is 1.08 bits per heavy atom. The first kappa shape index (κ1) is 16.4. The minimum atomic E-state index is -0.507. The first-order valence-corrected chi connectivity index (χ1v) is 8.20. The third kappa shape index (κ3) is 2.76. The Morgan fingerprint density at radius 3 is 2.65 bits per heavy atom. The molecule has 0 saturated heterocycles. The van der Waals surface area contributed by atoms with E-state index in [1.54, 1.807) is 6.07 Å². The summed E-state index contributed by atoms with van der Waals surface area (Å²) < 4.78 is 24.4. The summed E-state index contributed by atoms with van der Waals surface area (Å²) in [4.78, 5) is 12.5. The van der Waals surface area contributed by atoms with Gasteiger partial charge in [0.15, 0.2) is 0 Å². The number of methoxy groups -OCH3 is 1. The molecule has 0 saturated carbocycles. The van der Waals surface area contributed by atoms with Crippen LogP contribution in [0.3, 0.4) is 0 Å². The van der Waals surface area contributed by atoms with Crippen molar-refractivity contribution in [3.05, 3.63) is 71.0 Å². The van der Waals surface area contributed by atoms with Gasteiger partial charge in [-0.05, 0) is 30.3 Å². The highest BCUT2D eigenvalue weighted by atomic mass is 35.5. The average Bonchev–Trinajstić information content (AvgIpc) is 2.98. The van der Waals surface area contributed by atoms with Crippen molar-refractivity contribution in [3.63, 3.8) is 0 Å². The van der Waals surface area contributed by atoms with E-state index >= 15 is 0 Å². The lowest BCUT2D eigenvalue weighted by Gasteiger charge is -2.11. The Balaban J connectivity index is 1.77. The maximum Gasteiger partial charge on any atom is 0.257 e. The lowest BCUT2D eigenvalue weighted by atomic mass is 10.1. The van der Waals surface area contributed by atoms with Crippen LogP contribution < -0.4 is 10.1 Å². The van der Waals surface area contributed by atoms with Gasteiger partial charge in [0.05, 0.1) is 23.4 Å². The van der Waals surface area contributed by atoms with Crippen LogP contribution in [0.1, 0.15) is 10.4 Å². The van der Waals surface area contributed by atoms with Crippen molar-refractivity contribution in [1.29, 1.82) is 0 Å². The molecule has 1 amide bonds. The summed E-state index contributed by atoms with van der Waals surface area (Å²) in [6.07, 6.45) is 0. The van der Waals surface area contributed by atoms with Crippen molar-refractivity contribution in [2.75, 3.05) is 12.4 Å². The molecule has 0 spiro atoms. The maximum atomic E-state index is 13.2. The summed E-state index contributed by atoms with van der Waals surface area (Å²) in [6.45, 7) is 0. The number of benzene rings is 3. The lowest BCUT2D eigenvalue weighted by Crippen LogP contribution is -2.13. The zero-order valence-corrected chi connectivity index (χ0v) is 14.4. The predicted octanol–water partition coefficient (Wildman–Crippen LogP) is 5.64. The van der Waals surface area contributed by atoms with E-state index in [4.69, 9.17) is 20.8 Å². The van der Waals surface area contributed by atoms with Crippen LogP contribution in [-0.4, -0.2) is 13.0 Å². The lowest BCUT2D eigenvalue weighted by molar-refractivity contribution is 0.102. The molecule has 0 unspecified atom stereocenters. The van der Waals surface area contributed by atoms with E-state index in [9.17, 15) is 9.18 Å². The van der Waals surface area contributed by atoms with Gasteiger partial charge in [0.1, 0.15) is 22.7 Å².